The van der Waals surface area contributed by atoms with Gasteiger partial charge in [0.25, 0.3) is 0 Å². The molecule has 7 heteroatoms. The van der Waals surface area contributed by atoms with Gasteiger partial charge in [0.2, 0.25) is 10.0 Å². The molecule has 0 saturated heterocycles. The standard InChI is InChI=1S/C13H23N3O3S/c1-3-14-13-11-12(7-8-15-13)20(18,19)16(2)9-5-4-6-10-17/h7-8,11,17H,3-6,9-10H2,1-2H3,(H,14,15). The highest BCUT2D eigenvalue weighted by atomic mass is 32.2. The Morgan fingerprint density at radius 1 is 1.35 bits per heavy atom. The molecule has 0 aliphatic carbocycles. The molecule has 0 amide bonds. The molecule has 0 fully saturated rings. The predicted molar refractivity (Wildman–Crippen MR) is 79.2 cm³/mol. The molecule has 1 rings (SSSR count). The zero-order valence-corrected chi connectivity index (χ0v) is 12.9. The number of pyridine rings is 1. The number of nitrogens with one attached hydrogen (secondary N) is 1. The van der Waals surface area contributed by atoms with Crippen molar-refractivity contribution in [2.75, 3.05) is 32.1 Å². The zero-order valence-electron chi connectivity index (χ0n) is 12.0. The largest absolute Gasteiger partial charge is 0.396 e. The number of hydrogen-bond donors (Lipinski definition) is 2. The lowest BCUT2D eigenvalue weighted by Gasteiger charge is -2.17. The van der Waals surface area contributed by atoms with Crippen molar-refractivity contribution in [2.24, 2.45) is 0 Å². The molecular formula is C13H23N3O3S. The van der Waals surface area contributed by atoms with E-state index in [4.69, 9.17) is 5.11 Å². The summed E-state index contributed by atoms with van der Waals surface area (Å²) in [7, 11) is -1.91. The molecule has 0 aromatic carbocycles. The normalized spacial score (nSPS) is 11.8. The van der Waals surface area contributed by atoms with Gasteiger partial charge in [-0.25, -0.2) is 17.7 Å². The summed E-state index contributed by atoms with van der Waals surface area (Å²) in [6.07, 6.45) is 3.75. The first-order chi connectivity index (χ1) is 9.52. The van der Waals surface area contributed by atoms with Gasteiger partial charge in [-0.15, -0.1) is 0 Å². The predicted octanol–water partition coefficient (Wildman–Crippen LogP) is 1.30. The lowest BCUT2D eigenvalue weighted by Crippen LogP contribution is -2.28. The Morgan fingerprint density at radius 3 is 2.75 bits per heavy atom. The van der Waals surface area contributed by atoms with E-state index in [2.05, 4.69) is 10.3 Å². The SMILES string of the molecule is CCNc1cc(S(=O)(=O)N(C)CCCCCO)ccn1. The second-order valence-corrected chi connectivity index (χ2v) is 6.56. The fourth-order valence-electron chi connectivity index (χ4n) is 1.77. The number of rotatable bonds is 9. The highest BCUT2D eigenvalue weighted by molar-refractivity contribution is 7.89. The number of aromatic nitrogens is 1. The fourth-order valence-corrected chi connectivity index (χ4v) is 3.00. The van der Waals surface area contributed by atoms with Crippen molar-refractivity contribution >= 4 is 15.8 Å². The third-order valence-corrected chi connectivity index (χ3v) is 4.78. The van der Waals surface area contributed by atoms with E-state index in [1.165, 1.54) is 16.6 Å². The average Bonchev–Trinajstić information content (AvgIpc) is 2.44. The van der Waals surface area contributed by atoms with Crippen LogP contribution < -0.4 is 5.32 Å². The minimum Gasteiger partial charge on any atom is -0.396 e. The van der Waals surface area contributed by atoms with Gasteiger partial charge in [0.05, 0.1) is 4.90 Å². The van der Waals surface area contributed by atoms with E-state index < -0.39 is 10.0 Å². The van der Waals surface area contributed by atoms with Crippen LogP contribution in [0.2, 0.25) is 0 Å². The van der Waals surface area contributed by atoms with Crippen LogP contribution in [0.4, 0.5) is 5.82 Å². The van der Waals surface area contributed by atoms with Crippen LogP contribution >= 0.6 is 0 Å². The first kappa shape index (κ1) is 16.9. The average molecular weight is 301 g/mol. The number of unbranched alkanes of at least 4 members (excludes halogenated alkanes) is 2. The summed E-state index contributed by atoms with van der Waals surface area (Å²) < 4.78 is 26.1. The Balaban J connectivity index is 2.74. The fraction of sp³-hybridized carbons (Fsp3) is 0.615. The topological polar surface area (TPSA) is 82.5 Å². The van der Waals surface area contributed by atoms with E-state index in [0.717, 1.165) is 12.8 Å². The van der Waals surface area contributed by atoms with Gasteiger partial charge in [-0.05, 0) is 32.3 Å². The Labute approximate surface area is 120 Å². The molecule has 0 aliphatic rings. The monoisotopic (exact) mass is 301 g/mol. The summed E-state index contributed by atoms with van der Waals surface area (Å²) in [6.45, 7) is 3.21. The van der Waals surface area contributed by atoms with Gasteiger partial charge in [-0.3, -0.25) is 0 Å². The summed E-state index contributed by atoms with van der Waals surface area (Å²) in [4.78, 5) is 4.31. The van der Waals surface area contributed by atoms with E-state index in [1.54, 1.807) is 13.1 Å². The lowest BCUT2D eigenvalue weighted by atomic mass is 10.2. The zero-order chi connectivity index (χ0) is 15.0. The van der Waals surface area contributed by atoms with Crippen LogP contribution in [0.25, 0.3) is 0 Å². The maximum absolute atomic E-state index is 12.4. The number of aliphatic hydroxyl groups is 1. The van der Waals surface area contributed by atoms with Crippen LogP contribution in [-0.4, -0.2) is 49.6 Å². The van der Waals surface area contributed by atoms with E-state index in [-0.39, 0.29) is 11.5 Å². The summed E-state index contributed by atoms with van der Waals surface area (Å²) in [5.74, 6) is 0.558. The summed E-state index contributed by atoms with van der Waals surface area (Å²) in [6, 6.07) is 3.05. The number of nitrogens with zero attached hydrogens (tertiary/aromatic N) is 2. The third-order valence-electron chi connectivity index (χ3n) is 2.93. The van der Waals surface area contributed by atoms with Gasteiger partial charge >= 0.3 is 0 Å². The van der Waals surface area contributed by atoms with Crippen LogP contribution in [0.5, 0.6) is 0 Å². The molecule has 20 heavy (non-hydrogen) atoms. The first-order valence-corrected chi connectivity index (χ1v) is 8.23. The molecule has 1 aromatic heterocycles. The molecule has 1 heterocycles. The molecule has 0 atom stereocenters. The Hall–Kier alpha value is -1.18. The highest BCUT2D eigenvalue weighted by Gasteiger charge is 2.20. The Bertz CT molecular complexity index is 505. The van der Waals surface area contributed by atoms with Crippen molar-refractivity contribution in [1.82, 2.24) is 9.29 Å². The van der Waals surface area contributed by atoms with Crippen molar-refractivity contribution < 1.29 is 13.5 Å². The van der Waals surface area contributed by atoms with E-state index in [9.17, 15) is 8.42 Å². The van der Waals surface area contributed by atoms with Crippen molar-refractivity contribution in [3.8, 4) is 0 Å². The molecule has 114 valence electrons. The number of sulfonamides is 1. The van der Waals surface area contributed by atoms with Crippen LogP contribution in [0.15, 0.2) is 23.2 Å². The molecule has 0 unspecified atom stereocenters. The quantitative estimate of drug-likeness (QED) is 0.672. The smallest absolute Gasteiger partial charge is 0.243 e. The van der Waals surface area contributed by atoms with E-state index in [0.29, 0.717) is 25.3 Å². The van der Waals surface area contributed by atoms with Gasteiger partial charge in [0.15, 0.2) is 0 Å². The third kappa shape index (κ3) is 4.73. The molecule has 0 radical (unpaired) electrons. The van der Waals surface area contributed by atoms with Crippen molar-refractivity contribution in [2.45, 2.75) is 31.1 Å². The number of aliphatic hydroxyl groups excluding tert-OH is 1. The van der Waals surface area contributed by atoms with E-state index >= 15 is 0 Å². The van der Waals surface area contributed by atoms with Crippen molar-refractivity contribution in [3.63, 3.8) is 0 Å². The minimum atomic E-state index is -3.48. The summed E-state index contributed by atoms with van der Waals surface area (Å²) in [5.41, 5.74) is 0. The van der Waals surface area contributed by atoms with Crippen molar-refractivity contribution in [1.29, 1.82) is 0 Å². The van der Waals surface area contributed by atoms with Crippen LogP contribution in [0, 0.1) is 0 Å². The van der Waals surface area contributed by atoms with Gasteiger partial charge in [-0.2, -0.15) is 0 Å². The molecular weight excluding hydrogens is 278 g/mol. The van der Waals surface area contributed by atoms with Gasteiger partial charge in [0, 0.05) is 39.0 Å². The molecule has 2 N–H and O–H groups in total. The minimum absolute atomic E-state index is 0.146. The maximum Gasteiger partial charge on any atom is 0.243 e. The first-order valence-electron chi connectivity index (χ1n) is 6.79. The lowest BCUT2D eigenvalue weighted by molar-refractivity contribution is 0.281. The Morgan fingerprint density at radius 2 is 2.10 bits per heavy atom. The van der Waals surface area contributed by atoms with Crippen LogP contribution in [0.3, 0.4) is 0 Å². The second-order valence-electron chi connectivity index (χ2n) is 4.52. The molecule has 0 saturated carbocycles. The van der Waals surface area contributed by atoms with Crippen LogP contribution in [-0.2, 0) is 10.0 Å². The maximum atomic E-state index is 12.4. The second kappa shape index (κ2) is 8.18. The molecule has 0 aliphatic heterocycles. The molecule has 6 nitrogen and oxygen atoms in total. The van der Waals surface area contributed by atoms with E-state index in [1.807, 2.05) is 6.92 Å². The molecule has 1 aromatic rings. The summed E-state index contributed by atoms with van der Waals surface area (Å²) in [5, 5.41) is 11.7. The summed E-state index contributed by atoms with van der Waals surface area (Å²) >= 11 is 0. The van der Waals surface area contributed by atoms with Gasteiger partial charge in [-0.1, -0.05) is 0 Å². The number of anilines is 1. The highest BCUT2D eigenvalue weighted by Crippen LogP contribution is 2.17. The van der Waals surface area contributed by atoms with Gasteiger partial charge in [0.1, 0.15) is 5.82 Å². The molecule has 0 spiro atoms. The number of hydrogen-bond acceptors (Lipinski definition) is 5. The van der Waals surface area contributed by atoms with Crippen LogP contribution in [0.1, 0.15) is 26.2 Å². The Kier molecular flexibility index (Phi) is 6.90. The van der Waals surface area contributed by atoms with Gasteiger partial charge < -0.3 is 10.4 Å². The molecule has 0 bridgehead atoms. The van der Waals surface area contributed by atoms with Crippen molar-refractivity contribution in [3.05, 3.63) is 18.3 Å².